The molecule has 0 radical (unpaired) electrons. The van der Waals surface area contributed by atoms with Gasteiger partial charge in [-0.1, -0.05) is 6.07 Å². The average Bonchev–Trinajstić information content (AvgIpc) is 2.64. The molecular formula is C20H18FN5O. The van der Waals surface area contributed by atoms with Crippen LogP contribution in [0.3, 0.4) is 0 Å². The van der Waals surface area contributed by atoms with Gasteiger partial charge in [0.1, 0.15) is 11.6 Å². The van der Waals surface area contributed by atoms with Crippen molar-refractivity contribution in [2.45, 2.75) is 0 Å². The van der Waals surface area contributed by atoms with Gasteiger partial charge in [0.25, 0.3) is 0 Å². The van der Waals surface area contributed by atoms with Gasteiger partial charge < -0.3 is 16.0 Å². The van der Waals surface area contributed by atoms with E-state index >= 15 is 0 Å². The summed E-state index contributed by atoms with van der Waals surface area (Å²) in [7, 11) is 0. The van der Waals surface area contributed by atoms with Crippen molar-refractivity contribution >= 4 is 23.2 Å². The number of halogens is 1. The number of carbonyl (C=O) groups is 1. The maximum atomic E-state index is 13.1. The van der Waals surface area contributed by atoms with Crippen LogP contribution >= 0.6 is 0 Å². The Balaban J connectivity index is 1.44. The minimum atomic E-state index is -0.315. The van der Waals surface area contributed by atoms with E-state index in [2.05, 4.69) is 15.3 Å². The molecule has 0 spiro atoms. The highest BCUT2D eigenvalue weighted by Gasteiger charge is 2.33. The lowest BCUT2D eigenvalue weighted by atomic mass is 9.99. The number of amides is 1. The van der Waals surface area contributed by atoms with Gasteiger partial charge in [0, 0.05) is 24.8 Å². The quantitative estimate of drug-likeness (QED) is 0.745. The topological polar surface area (TPSA) is 84.1 Å². The molecule has 0 aliphatic carbocycles. The van der Waals surface area contributed by atoms with E-state index in [1.807, 2.05) is 23.1 Å². The maximum Gasteiger partial charge on any atom is 0.232 e. The van der Waals surface area contributed by atoms with Crippen LogP contribution in [0.1, 0.15) is 0 Å². The third kappa shape index (κ3) is 3.57. The van der Waals surface area contributed by atoms with Crippen LogP contribution in [-0.2, 0) is 4.79 Å². The Labute approximate surface area is 155 Å². The van der Waals surface area contributed by atoms with E-state index in [0.29, 0.717) is 30.3 Å². The molecule has 1 fully saturated rings. The maximum absolute atomic E-state index is 13.1. The van der Waals surface area contributed by atoms with Crippen molar-refractivity contribution in [1.29, 1.82) is 0 Å². The van der Waals surface area contributed by atoms with Crippen LogP contribution < -0.4 is 16.0 Å². The zero-order valence-corrected chi connectivity index (χ0v) is 14.5. The fourth-order valence-electron chi connectivity index (χ4n) is 2.94. The van der Waals surface area contributed by atoms with Crippen LogP contribution in [0, 0.1) is 11.7 Å². The highest BCUT2D eigenvalue weighted by molar-refractivity contribution is 5.96. The highest BCUT2D eigenvalue weighted by Crippen LogP contribution is 2.26. The fourth-order valence-corrected chi connectivity index (χ4v) is 2.94. The van der Waals surface area contributed by atoms with Crippen LogP contribution in [-0.4, -0.2) is 29.0 Å². The Morgan fingerprint density at radius 2 is 1.89 bits per heavy atom. The number of aromatic nitrogens is 2. The molecule has 27 heavy (non-hydrogen) atoms. The van der Waals surface area contributed by atoms with Crippen molar-refractivity contribution in [3.63, 3.8) is 0 Å². The smallest absolute Gasteiger partial charge is 0.232 e. The fraction of sp³-hybridized carbons (Fsp3) is 0.150. The van der Waals surface area contributed by atoms with Gasteiger partial charge >= 0.3 is 0 Å². The second kappa shape index (κ2) is 7.03. The van der Waals surface area contributed by atoms with Crippen molar-refractivity contribution in [2.75, 3.05) is 29.0 Å². The Hall–Kier alpha value is -3.48. The number of hydrogen-bond donors (Lipinski definition) is 2. The summed E-state index contributed by atoms with van der Waals surface area (Å²) in [5, 5.41) is 2.81. The molecule has 1 aliphatic heterocycles. The first kappa shape index (κ1) is 17.0. The van der Waals surface area contributed by atoms with Crippen molar-refractivity contribution in [1.82, 2.24) is 9.97 Å². The second-order valence-electron chi connectivity index (χ2n) is 6.42. The summed E-state index contributed by atoms with van der Waals surface area (Å²) in [6, 6.07) is 15.1. The SMILES string of the molecule is Nc1ccc(-c2ccc(F)cc2)nc1NC(=O)C1CN(c2ccccn2)C1. The number of nitrogen functional groups attached to an aromatic ring is 1. The first-order chi connectivity index (χ1) is 13.1. The second-order valence-corrected chi connectivity index (χ2v) is 6.42. The molecular weight excluding hydrogens is 345 g/mol. The van der Waals surface area contributed by atoms with Crippen LogP contribution in [0.5, 0.6) is 0 Å². The predicted octanol–water partition coefficient (Wildman–Crippen LogP) is 2.94. The molecule has 3 aromatic rings. The molecule has 3 heterocycles. The summed E-state index contributed by atoms with van der Waals surface area (Å²) >= 11 is 0. The molecule has 6 nitrogen and oxygen atoms in total. The number of pyridine rings is 2. The lowest BCUT2D eigenvalue weighted by molar-refractivity contribution is -0.120. The summed E-state index contributed by atoms with van der Waals surface area (Å²) in [5.74, 6) is 0.584. The van der Waals surface area contributed by atoms with Gasteiger partial charge in [-0.2, -0.15) is 0 Å². The number of nitrogens with one attached hydrogen (secondary N) is 1. The first-order valence-corrected chi connectivity index (χ1v) is 8.59. The minimum Gasteiger partial charge on any atom is -0.396 e. The van der Waals surface area contributed by atoms with Crippen LogP contribution in [0.15, 0.2) is 60.8 Å². The number of rotatable bonds is 4. The third-order valence-electron chi connectivity index (χ3n) is 4.53. The predicted molar refractivity (Wildman–Crippen MR) is 103 cm³/mol. The molecule has 2 aromatic heterocycles. The molecule has 136 valence electrons. The molecule has 1 amide bonds. The van der Waals surface area contributed by atoms with Gasteiger partial charge in [-0.3, -0.25) is 4.79 Å². The zero-order chi connectivity index (χ0) is 18.8. The summed E-state index contributed by atoms with van der Waals surface area (Å²) in [4.78, 5) is 23.3. The standard InChI is InChI=1S/C20H18FN5O/c21-15-6-4-13(5-7-15)17-9-8-16(22)19(24-17)25-20(27)14-11-26(12-14)18-3-1-2-10-23-18/h1-10,14H,11-12,22H2,(H,24,25,27). The summed E-state index contributed by atoms with van der Waals surface area (Å²) < 4.78 is 13.1. The van der Waals surface area contributed by atoms with E-state index in [-0.39, 0.29) is 17.6 Å². The number of carbonyl (C=O) groups excluding carboxylic acids is 1. The van der Waals surface area contributed by atoms with E-state index in [1.54, 1.807) is 30.5 Å². The molecule has 1 saturated heterocycles. The van der Waals surface area contributed by atoms with E-state index in [9.17, 15) is 9.18 Å². The number of nitrogens with zero attached hydrogens (tertiary/aromatic N) is 3. The van der Waals surface area contributed by atoms with Crippen molar-refractivity contribution < 1.29 is 9.18 Å². The van der Waals surface area contributed by atoms with E-state index < -0.39 is 0 Å². The number of anilines is 3. The Morgan fingerprint density at radius 3 is 2.59 bits per heavy atom. The number of benzene rings is 1. The Kier molecular flexibility index (Phi) is 4.42. The molecule has 0 bridgehead atoms. The van der Waals surface area contributed by atoms with Crippen LogP contribution in [0.25, 0.3) is 11.3 Å². The summed E-state index contributed by atoms with van der Waals surface area (Å²) in [6.45, 7) is 1.20. The lowest BCUT2D eigenvalue weighted by Crippen LogP contribution is -2.52. The van der Waals surface area contributed by atoms with Gasteiger partial charge in [-0.15, -0.1) is 0 Å². The van der Waals surface area contributed by atoms with Gasteiger partial charge in [-0.05, 0) is 48.5 Å². The van der Waals surface area contributed by atoms with Crippen molar-refractivity contribution in [2.24, 2.45) is 5.92 Å². The van der Waals surface area contributed by atoms with E-state index in [0.717, 1.165) is 11.4 Å². The molecule has 3 N–H and O–H groups in total. The van der Waals surface area contributed by atoms with Crippen molar-refractivity contribution in [3.8, 4) is 11.3 Å². The van der Waals surface area contributed by atoms with Crippen LogP contribution in [0.2, 0.25) is 0 Å². The van der Waals surface area contributed by atoms with E-state index in [4.69, 9.17) is 5.73 Å². The molecule has 0 saturated carbocycles. The molecule has 1 aromatic carbocycles. The third-order valence-corrected chi connectivity index (χ3v) is 4.53. The monoisotopic (exact) mass is 363 g/mol. The average molecular weight is 363 g/mol. The van der Waals surface area contributed by atoms with Gasteiger partial charge in [-0.25, -0.2) is 14.4 Å². The molecule has 4 rings (SSSR count). The Morgan fingerprint density at radius 1 is 1.11 bits per heavy atom. The Bertz CT molecular complexity index is 956. The summed E-state index contributed by atoms with van der Waals surface area (Å²) in [6.07, 6.45) is 1.73. The molecule has 0 atom stereocenters. The highest BCUT2D eigenvalue weighted by atomic mass is 19.1. The largest absolute Gasteiger partial charge is 0.396 e. The van der Waals surface area contributed by atoms with Crippen molar-refractivity contribution in [3.05, 3.63) is 66.6 Å². The minimum absolute atomic E-state index is 0.127. The normalized spacial score (nSPS) is 13.9. The van der Waals surface area contributed by atoms with Crippen LogP contribution in [0.4, 0.5) is 21.7 Å². The molecule has 1 aliphatic rings. The first-order valence-electron chi connectivity index (χ1n) is 8.59. The summed E-state index contributed by atoms with van der Waals surface area (Å²) in [5.41, 5.74) is 7.71. The van der Waals surface area contributed by atoms with Gasteiger partial charge in [0.2, 0.25) is 5.91 Å². The number of hydrogen-bond acceptors (Lipinski definition) is 5. The number of nitrogens with two attached hydrogens (primary N) is 1. The zero-order valence-electron chi connectivity index (χ0n) is 14.5. The lowest BCUT2D eigenvalue weighted by Gasteiger charge is -2.39. The molecule has 0 unspecified atom stereocenters. The van der Waals surface area contributed by atoms with Gasteiger partial charge in [0.15, 0.2) is 5.82 Å². The van der Waals surface area contributed by atoms with Gasteiger partial charge in [0.05, 0.1) is 17.3 Å². The molecule has 7 heteroatoms. The van der Waals surface area contributed by atoms with E-state index in [1.165, 1.54) is 12.1 Å².